The van der Waals surface area contributed by atoms with E-state index in [-0.39, 0.29) is 22.5 Å². The number of anilines is 1. The van der Waals surface area contributed by atoms with Gasteiger partial charge in [-0.05, 0) is 30.2 Å². The van der Waals surface area contributed by atoms with Gasteiger partial charge in [0.1, 0.15) is 16.7 Å². The fourth-order valence-electron chi connectivity index (χ4n) is 3.64. The minimum absolute atomic E-state index is 0.0458. The van der Waals surface area contributed by atoms with Gasteiger partial charge >= 0.3 is 0 Å². The van der Waals surface area contributed by atoms with Crippen LogP contribution in [0.15, 0.2) is 48.5 Å². The summed E-state index contributed by atoms with van der Waals surface area (Å²) in [6, 6.07) is 13.2. The van der Waals surface area contributed by atoms with Gasteiger partial charge in [0.15, 0.2) is 0 Å². The molecular formula is C19H16ClFN2O2S. The molecule has 2 atom stereocenters. The first-order valence-electron chi connectivity index (χ1n) is 8.29. The number of halogens is 2. The van der Waals surface area contributed by atoms with Crippen LogP contribution in [0.3, 0.4) is 0 Å². The zero-order valence-corrected chi connectivity index (χ0v) is 15.3. The molecule has 0 aliphatic carbocycles. The standard InChI is InChI=1S/C19H16ClFN2O2S/c20-13-6-7-15(14(21)10-13)22-18(25)16-11-26-19(9-8-17(24)23(16)19)12-4-2-1-3-5-12/h1-7,10,16H,8-9,11H2,(H,22,25)/t16-,19+/m1/s1. The Balaban J connectivity index is 1.62. The molecule has 2 amide bonds. The molecule has 26 heavy (non-hydrogen) atoms. The third kappa shape index (κ3) is 2.77. The molecule has 0 aromatic heterocycles. The molecule has 134 valence electrons. The van der Waals surface area contributed by atoms with Crippen molar-refractivity contribution < 1.29 is 14.0 Å². The molecule has 4 rings (SSSR count). The first-order valence-corrected chi connectivity index (χ1v) is 9.65. The van der Waals surface area contributed by atoms with E-state index in [4.69, 9.17) is 11.6 Å². The number of hydrogen-bond donors (Lipinski definition) is 1. The summed E-state index contributed by atoms with van der Waals surface area (Å²) >= 11 is 7.35. The van der Waals surface area contributed by atoms with E-state index in [0.29, 0.717) is 18.6 Å². The summed E-state index contributed by atoms with van der Waals surface area (Å²) in [5, 5.41) is 2.86. The molecule has 7 heteroatoms. The number of nitrogens with one attached hydrogen (secondary N) is 1. The number of carbonyl (C=O) groups excluding carboxylic acids is 2. The zero-order valence-electron chi connectivity index (χ0n) is 13.7. The summed E-state index contributed by atoms with van der Waals surface area (Å²) in [7, 11) is 0. The Kier molecular flexibility index (Phi) is 4.40. The number of thioether (sulfide) groups is 1. The normalized spacial score (nSPS) is 24.6. The molecule has 1 N–H and O–H groups in total. The van der Waals surface area contributed by atoms with E-state index in [1.807, 2.05) is 30.3 Å². The second-order valence-corrected chi connectivity index (χ2v) is 8.09. The maximum Gasteiger partial charge on any atom is 0.248 e. The molecule has 2 fully saturated rings. The van der Waals surface area contributed by atoms with Gasteiger partial charge in [0.25, 0.3) is 0 Å². The highest BCUT2D eigenvalue weighted by atomic mass is 35.5. The predicted molar refractivity (Wildman–Crippen MR) is 100 cm³/mol. The lowest BCUT2D eigenvalue weighted by atomic mass is 10.0. The van der Waals surface area contributed by atoms with Gasteiger partial charge in [-0.15, -0.1) is 11.8 Å². The van der Waals surface area contributed by atoms with Crippen molar-refractivity contribution in [2.75, 3.05) is 11.1 Å². The highest BCUT2D eigenvalue weighted by Crippen LogP contribution is 2.54. The molecule has 2 heterocycles. The van der Waals surface area contributed by atoms with Crippen LogP contribution in [0.1, 0.15) is 18.4 Å². The lowest BCUT2D eigenvalue weighted by Crippen LogP contribution is -2.48. The predicted octanol–water partition coefficient (Wildman–Crippen LogP) is 4.01. The Morgan fingerprint density at radius 2 is 2.04 bits per heavy atom. The van der Waals surface area contributed by atoms with Crippen molar-refractivity contribution in [1.82, 2.24) is 4.90 Å². The number of rotatable bonds is 3. The molecule has 2 aromatic carbocycles. The molecular weight excluding hydrogens is 375 g/mol. The van der Waals surface area contributed by atoms with E-state index < -0.39 is 16.7 Å². The van der Waals surface area contributed by atoms with E-state index in [1.54, 1.807) is 16.7 Å². The quantitative estimate of drug-likeness (QED) is 0.861. The molecule has 2 aromatic rings. The van der Waals surface area contributed by atoms with Crippen LogP contribution in [0.5, 0.6) is 0 Å². The third-order valence-electron chi connectivity index (χ3n) is 4.84. The van der Waals surface area contributed by atoms with Gasteiger partial charge in [-0.3, -0.25) is 9.59 Å². The molecule has 0 unspecified atom stereocenters. The van der Waals surface area contributed by atoms with E-state index >= 15 is 0 Å². The number of benzene rings is 2. The Hall–Kier alpha value is -2.05. The van der Waals surface area contributed by atoms with Gasteiger partial charge in [-0.2, -0.15) is 0 Å². The number of nitrogens with zero attached hydrogens (tertiary/aromatic N) is 1. The number of amides is 2. The van der Waals surface area contributed by atoms with Crippen molar-refractivity contribution in [1.29, 1.82) is 0 Å². The molecule has 0 saturated carbocycles. The van der Waals surface area contributed by atoms with Gasteiger partial charge in [-0.25, -0.2) is 4.39 Å². The molecule has 2 aliphatic rings. The second-order valence-electron chi connectivity index (χ2n) is 6.35. The van der Waals surface area contributed by atoms with Crippen molar-refractivity contribution in [3.63, 3.8) is 0 Å². The summed E-state index contributed by atoms with van der Waals surface area (Å²) in [6.45, 7) is 0. The maximum absolute atomic E-state index is 14.0. The number of carbonyl (C=O) groups is 2. The zero-order chi connectivity index (χ0) is 18.3. The van der Waals surface area contributed by atoms with Crippen LogP contribution in [-0.2, 0) is 14.5 Å². The minimum atomic E-state index is -0.634. The highest BCUT2D eigenvalue weighted by molar-refractivity contribution is 8.00. The molecule has 0 spiro atoms. The van der Waals surface area contributed by atoms with Crippen LogP contribution in [0, 0.1) is 5.82 Å². The summed E-state index contributed by atoms with van der Waals surface area (Å²) in [5.74, 6) is -0.553. The average Bonchev–Trinajstić information content (AvgIpc) is 3.18. The second kappa shape index (κ2) is 6.59. The summed E-state index contributed by atoms with van der Waals surface area (Å²) in [4.78, 5) is 26.5. The first-order chi connectivity index (χ1) is 12.5. The third-order valence-corrected chi connectivity index (χ3v) is 6.68. The Morgan fingerprint density at radius 1 is 1.27 bits per heavy atom. The lowest BCUT2D eigenvalue weighted by molar-refractivity contribution is -0.136. The monoisotopic (exact) mass is 390 g/mol. The maximum atomic E-state index is 14.0. The van der Waals surface area contributed by atoms with Crippen LogP contribution >= 0.6 is 23.4 Å². The van der Waals surface area contributed by atoms with Gasteiger partial charge in [0.2, 0.25) is 11.8 Å². The van der Waals surface area contributed by atoms with Gasteiger partial charge in [0.05, 0.1) is 5.69 Å². The van der Waals surface area contributed by atoms with E-state index in [9.17, 15) is 14.0 Å². The van der Waals surface area contributed by atoms with Crippen LogP contribution in [0.2, 0.25) is 5.02 Å². The van der Waals surface area contributed by atoms with E-state index in [1.165, 1.54) is 12.1 Å². The summed E-state index contributed by atoms with van der Waals surface area (Å²) in [6.07, 6.45) is 1.07. The summed E-state index contributed by atoms with van der Waals surface area (Å²) in [5.41, 5.74) is 1.08. The number of hydrogen-bond acceptors (Lipinski definition) is 3. The van der Waals surface area contributed by atoms with Gasteiger partial charge in [-0.1, -0.05) is 41.9 Å². The van der Waals surface area contributed by atoms with Crippen molar-refractivity contribution in [2.24, 2.45) is 0 Å². The minimum Gasteiger partial charge on any atom is -0.322 e. The fourth-order valence-corrected chi connectivity index (χ4v) is 5.45. The van der Waals surface area contributed by atoms with Crippen LogP contribution < -0.4 is 5.32 Å². The Morgan fingerprint density at radius 3 is 2.77 bits per heavy atom. The Labute approximate surface area is 159 Å². The highest BCUT2D eigenvalue weighted by Gasteiger charge is 2.56. The van der Waals surface area contributed by atoms with Crippen molar-refractivity contribution in [3.8, 4) is 0 Å². The molecule has 0 bridgehead atoms. The van der Waals surface area contributed by atoms with Crippen LogP contribution in [0.25, 0.3) is 0 Å². The van der Waals surface area contributed by atoms with E-state index in [2.05, 4.69) is 5.32 Å². The van der Waals surface area contributed by atoms with Gasteiger partial charge < -0.3 is 10.2 Å². The molecule has 0 radical (unpaired) electrons. The topological polar surface area (TPSA) is 49.4 Å². The molecule has 2 aliphatic heterocycles. The van der Waals surface area contributed by atoms with Gasteiger partial charge in [0, 0.05) is 17.2 Å². The smallest absolute Gasteiger partial charge is 0.248 e. The molecule has 4 nitrogen and oxygen atoms in total. The lowest BCUT2D eigenvalue weighted by Gasteiger charge is -2.34. The van der Waals surface area contributed by atoms with Crippen LogP contribution in [-0.4, -0.2) is 28.5 Å². The average molecular weight is 391 g/mol. The SMILES string of the molecule is O=C(Nc1ccc(Cl)cc1F)[C@H]1CS[C@]2(c3ccccc3)CCC(=O)N12. The van der Waals surface area contributed by atoms with Crippen molar-refractivity contribution in [2.45, 2.75) is 23.8 Å². The fraction of sp³-hybridized carbons (Fsp3) is 0.263. The Bertz CT molecular complexity index is 879. The molecule has 2 saturated heterocycles. The summed E-state index contributed by atoms with van der Waals surface area (Å²) < 4.78 is 14.0. The first kappa shape index (κ1) is 17.4. The van der Waals surface area contributed by atoms with E-state index in [0.717, 1.165) is 11.6 Å². The van der Waals surface area contributed by atoms with Crippen molar-refractivity contribution in [3.05, 3.63) is 64.9 Å². The largest absolute Gasteiger partial charge is 0.322 e. The number of fused-ring (bicyclic) bond motifs is 1. The van der Waals surface area contributed by atoms with Crippen molar-refractivity contribution >= 4 is 40.9 Å². The van der Waals surface area contributed by atoms with Crippen LogP contribution in [0.4, 0.5) is 10.1 Å².